The molecule has 0 aliphatic carbocycles. The Balaban J connectivity index is 1.50. The number of methoxy groups -OCH3 is 1. The van der Waals surface area contributed by atoms with Crippen LogP contribution in [0.15, 0.2) is 48.8 Å². The van der Waals surface area contributed by atoms with Gasteiger partial charge in [0.1, 0.15) is 27.4 Å². The van der Waals surface area contributed by atoms with Crippen molar-refractivity contribution in [1.82, 2.24) is 15.0 Å². The topological polar surface area (TPSA) is 97.7 Å². The summed E-state index contributed by atoms with van der Waals surface area (Å²) in [6.07, 6.45) is 0.529. The van der Waals surface area contributed by atoms with Crippen molar-refractivity contribution < 1.29 is 28.2 Å². The lowest BCUT2D eigenvalue weighted by Crippen LogP contribution is -2.46. The van der Waals surface area contributed by atoms with Crippen LogP contribution in [-0.4, -0.2) is 45.4 Å². The van der Waals surface area contributed by atoms with Gasteiger partial charge in [0.25, 0.3) is 0 Å². The number of hydrogen-bond acceptors (Lipinski definition) is 7. The van der Waals surface area contributed by atoms with Gasteiger partial charge in [-0.3, -0.25) is 9.88 Å². The molecule has 8 nitrogen and oxygen atoms in total. The van der Waals surface area contributed by atoms with Crippen molar-refractivity contribution in [2.24, 2.45) is 0 Å². The van der Waals surface area contributed by atoms with Gasteiger partial charge >= 0.3 is 6.09 Å². The van der Waals surface area contributed by atoms with Gasteiger partial charge in [0.2, 0.25) is 5.95 Å². The van der Waals surface area contributed by atoms with E-state index < -0.39 is 30.0 Å². The number of benzene rings is 2. The van der Waals surface area contributed by atoms with E-state index in [0.29, 0.717) is 31.6 Å². The molecule has 40 heavy (non-hydrogen) atoms. The lowest BCUT2D eigenvalue weighted by molar-refractivity contribution is 0.167. The molecule has 1 N–H and O–H groups in total. The van der Waals surface area contributed by atoms with Crippen molar-refractivity contribution in [3.05, 3.63) is 70.6 Å². The van der Waals surface area contributed by atoms with Crippen LogP contribution in [0.25, 0.3) is 31.7 Å². The molecule has 0 fully saturated rings. The van der Waals surface area contributed by atoms with E-state index in [2.05, 4.69) is 15.0 Å². The maximum absolute atomic E-state index is 15.4. The first kappa shape index (κ1) is 27.8. The molecule has 2 aromatic carbocycles. The second-order valence-corrected chi connectivity index (χ2v) is 10.7. The summed E-state index contributed by atoms with van der Waals surface area (Å²) in [4.78, 5) is 25.5. The van der Waals surface area contributed by atoms with Crippen LogP contribution in [0.4, 0.5) is 19.3 Å². The summed E-state index contributed by atoms with van der Waals surface area (Å²) in [5, 5.41) is 11.3. The number of ether oxygens (including phenoxy) is 2. The molecule has 0 aliphatic heterocycles. The van der Waals surface area contributed by atoms with Crippen molar-refractivity contribution in [2.45, 2.75) is 26.0 Å². The van der Waals surface area contributed by atoms with Gasteiger partial charge in [-0.05, 0) is 44.2 Å². The zero-order valence-electron chi connectivity index (χ0n) is 21.2. The minimum absolute atomic E-state index is 0.137. The second kappa shape index (κ2) is 11.0. The number of fused-ring (bicyclic) bond motifs is 2. The molecule has 0 spiro atoms. The summed E-state index contributed by atoms with van der Waals surface area (Å²) in [6.45, 7) is 3.17. The Morgan fingerprint density at radius 3 is 2.52 bits per heavy atom. The van der Waals surface area contributed by atoms with Crippen molar-refractivity contribution in [3.8, 4) is 22.1 Å². The Morgan fingerprint density at radius 1 is 1.07 bits per heavy atom. The molecule has 0 saturated heterocycles. The van der Waals surface area contributed by atoms with Crippen LogP contribution >= 0.6 is 34.5 Å². The molecule has 13 heteroatoms. The number of rotatable bonds is 7. The first-order chi connectivity index (χ1) is 19.1. The van der Waals surface area contributed by atoms with E-state index >= 15 is 4.39 Å². The summed E-state index contributed by atoms with van der Waals surface area (Å²) in [7, 11) is 1.54. The summed E-state index contributed by atoms with van der Waals surface area (Å²) >= 11 is 14.0. The zero-order chi connectivity index (χ0) is 28.7. The van der Waals surface area contributed by atoms with Gasteiger partial charge in [0.05, 0.1) is 41.4 Å². The highest BCUT2D eigenvalue weighted by molar-refractivity contribution is 7.21. The predicted molar refractivity (Wildman–Crippen MR) is 151 cm³/mol. The number of halogens is 4. The summed E-state index contributed by atoms with van der Waals surface area (Å²) < 4.78 is 40.3. The van der Waals surface area contributed by atoms with Gasteiger partial charge in [0, 0.05) is 22.0 Å². The molecule has 0 radical (unpaired) electrons. The number of thiazole rings is 1. The maximum Gasteiger partial charge on any atom is 0.412 e. The van der Waals surface area contributed by atoms with Gasteiger partial charge in [-0.15, -0.1) is 11.3 Å². The van der Waals surface area contributed by atoms with Crippen LogP contribution in [0.3, 0.4) is 0 Å². The maximum atomic E-state index is 15.4. The fourth-order valence-corrected chi connectivity index (χ4v) is 5.73. The lowest BCUT2D eigenvalue weighted by Gasteiger charge is -2.31. The second-order valence-electron chi connectivity index (χ2n) is 8.82. The number of amides is 1. The molecule has 1 amide bonds. The highest BCUT2D eigenvalue weighted by atomic mass is 35.5. The van der Waals surface area contributed by atoms with E-state index in [9.17, 15) is 14.3 Å². The van der Waals surface area contributed by atoms with Crippen LogP contribution in [0, 0.1) is 11.8 Å². The number of nitrogens with zero attached hydrogens (tertiary/aromatic N) is 4. The van der Waals surface area contributed by atoms with E-state index in [4.69, 9.17) is 32.7 Å². The average molecular weight is 605 g/mol. The standard InChI is InChI=1S/C27H20Cl2F2N4O4S/c1-12(35(27(36)37)16-4-5-21(30)32-10-16)13(2)39-19-9-20-25(22(29)23(19)31)34-26(40-20)18-8-15(28)6-14-7-17(38-3)11-33-24(14)18/h4-13H,1-3H3,(H,36,37)/t12?,13-/m0/s1. The number of carbonyl (C=O) groups is 1. The van der Waals surface area contributed by atoms with E-state index in [1.165, 1.54) is 23.5 Å². The Labute approximate surface area is 240 Å². The monoisotopic (exact) mass is 604 g/mol. The van der Waals surface area contributed by atoms with Crippen molar-refractivity contribution in [2.75, 3.05) is 12.0 Å². The molecule has 3 aromatic heterocycles. The highest BCUT2D eigenvalue weighted by Gasteiger charge is 2.29. The molecule has 5 rings (SSSR count). The average Bonchev–Trinajstić information content (AvgIpc) is 3.35. The Bertz CT molecular complexity index is 1750. The fraction of sp³-hybridized carbons (Fsp3) is 0.185. The van der Waals surface area contributed by atoms with Crippen LogP contribution in [0.1, 0.15) is 13.8 Å². The Morgan fingerprint density at radius 2 is 1.85 bits per heavy atom. The highest BCUT2D eigenvalue weighted by Crippen LogP contribution is 2.41. The summed E-state index contributed by atoms with van der Waals surface area (Å²) in [6, 6.07) is 8.27. The van der Waals surface area contributed by atoms with E-state index in [0.717, 1.165) is 22.5 Å². The third-order valence-corrected chi connectivity index (χ3v) is 7.92. The van der Waals surface area contributed by atoms with Gasteiger partial charge in [0.15, 0.2) is 11.6 Å². The number of aromatic nitrogens is 3. The van der Waals surface area contributed by atoms with Crippen LogP contribution in [0.5, 0.6) is 11.5 Å². The first-order valence-corrected chi connectivity index (χ1v) is 13.4. The lowest BCUT2D eigenvalue weighted by atomic mass is 10.1. The van der Waals surface area contributed by atoms with Crippen molar-refractivity contribution in [1.29, 1.82) is 0 Å². The molecular weight excluding hydrogens is 585 g/mol. The molecule has 0 saturated carbocycles. The minimum Gasteiger partial charge on any atom is -0.495 e. The molecule has 0 bridgehead atoms. The van der Waals surface area contributed by atoms with Gasteiger partial charge in [-0.25, -0.2) is 19.2 Å². The number of pyridine rings is 2. The van der Waals surface area contributed by atoms with Crippen molar-refractivity contribution >= 4 is 67.4 Å². The van der Waals surface area contributed by atoms with Crippen LogP contribution < -0.4 is 14.4 Å². The minimum atomic E-state index is -1.31. The zero-order valence-corrected chi connectivity index (χ0v) is 23.5. The van der Waals surface area contributed by atoms with Gasteiger partial charge < -0.3 is 14.6 Å². The molecule has 3 heterocycles. The smallest absolute Gasteiger partial charge is 0.412 e. The molecule has 206 valence electrons. The van der Waals surface area contributed by atoms with Gasteiger partial charge in [-0.1, -0.05) is 23.2 Å². The normalized spacial score (nSPS) is 12.9. The summed E-state index contributed by atoms with van der Waals surface area (Å²) in [5.41, 5.74) is 1.64. The number of carboxylic acid groups (broad SMARTS) is 1. The van der Waals surface area contributed by atoms with Crippen LogP contribution in [-0.2, 0) is 0 Å². The molecule has 1 unspecified atom stereocenters. The van der Waals surface area contributed by atoms with Gasteiger partial charge in [-0.2, -0.15) is 4.39 Å². The van der Waals surface area contributed by atoms with Crippen molar-refractivity contribution in [3.63, 3.8) is 0 Å². The molecule has 5 aromatic rings. The first-order valence-electron chi connectivity index (χ1n) is 11.8. The van der Waals surface area contributed by atoms with Crippen LogP contribution in [0.2, 0.25) is 10.0 Å². The fourth-order valence-electron chi connectivity index (χ4n) is 4.19. The predicted octanol–water partition coefficient (Wildman–Crippen LogP) is 7.84. The largest absolute Gasteiger partial charge is 0.495 e. The molecule has 2 atom stereocenters. The molecular formula is C27H20Cl2F2N4O4S. The van der Waals surface area contributed by atoms with E-state index in [1.807, 2.05) is 0 Å². The SMILES string of the molecule is COc1cnc2c(-c3nc4c(Cl)c(F)c(O[C@@H](C)C(C)N(C(=O)O)c5ccc(F)nc5)cc4s3)cc(Cl)cc2c1. The van der Waals surface area contributed by atoms with E-state index in [1.54, 1.807) is 45.4 Å². The quantitative estimate of drug-likeness (QED) is 0.189. The molecule has 0 aliphatic rings. The third kappa shape index (κ3) is 5.19. The number of hydrogen-bond donors (Lipinski definition) is 1. The Kier molecular flexibility index (Phi) is 7.63. The Hall–Kier alpha value is -3.80. The summed E-state index contributed by atoms with van der Waals surface area (Å²) in [5.74, 6) is -1.19. The number of anilines is 1. The third-order valence-electron chi connectivity index (χ3n) is 6.32. The van der Waals surface area contributed by atoms with E-state index in [-0.39, 0.29) is 22.0 Å².